The van der Waals surface area contributed by atoms with Crippen LogP contribution in [0, 0.1) is 0 Å². The van der Waals surface area contributed by atoms with Crippen LogP contribution >= 0.6 is 11.6 Å². The van der Waals surface area contributed by atoms with Gasteiger partial charge in [-0.15, -0.1) is 0 Å². The van der Waals surface area contributed by atoms with Crippen molar-refractivity contribution in [2.24, 2.45) is 0 Å². The molecule has 122 valence electrons. The first-order valence-electron chi connectivity index (χ1n) is 6.59. The van der Waals surface area contributed by atoms with Gasteiger partial charge in [0.05, 0.1) is 17.7 Å². The van der Waals surface area contributed by atoms with E-state index >= 15 is 0 Å². The van der Waals surface area contributed by atoms with Crippen molar-refractivity contribution < 1.29 is 22.7 Å². The van der Waals surface area contributed by atoms with Crippen molar-refractivity contribution in [1.82, 2.24) is 5.32 Å². The molecule has 23 heavy (non-hydrogen) atoms. The Bertz CT molecular complexity index is 717. The summed E-state index contributed by atoms with van der Waals surface area (Å²) in [5, 5.41) is 2.94. The molecule has 2 aromatic carbocycles. The van der Waals surface area contributed by atoms with Crippen molar-refractivity contribution in [2.45, 2.75) is 12.7 Å². The zero-order valence-corrected chi connectivity index (χ0v) is 12.8. The van der Waals surface area contributed by atoms with Crippen molar-refractivity contribution >= 4 is 17.5 Å². The van der Waals surface area contributed by atoms with Gasteiger partial charge >= 0.3 is 6.18 Å². The zero-order chi connectivity index (χ0) is 17.0. The number of carbonyl (C=O) groups is 1. The Morgan fingerprint density at radius 2 is 1.96 bits per heavy atom. The number of benzene rings is 2. The number of carbonyl (C=O) groups excluding carboxylic acids is 1. The van der Waals surface area contributed by atoms with Gasteiger partial charge in [0.15, 0.2) is 0 Å². The highest BCUT2D eigenvalue weighted by Crippen LogP contribution is 2.29. The van der Waals surface area contributed by atoms with E-state index in [1.165, 1.54) is 19.2 Å². The summed E-state index contributed by atoms with van der Waals surface area (Å²) in [6.07, 6.45) is -4.49. The minimum Gasteiger partial charge on any atom is -0.495 e. The number of rotatable bonds is 4. The number of amides is 1. The maximum Gasteiger partial charge on any atom is 0.416 e. The maximum absolute atomic E-state index is 12.6. The second kappa shape index (κ2) is 6.91. The number of nitrogens with one attached hydrogen (secondary N) is 1. The molecule has 0 aliphatic rings. The van der Waals surface area contributed by atoms with Gasteiger partial charge in [0.1, 0.15) is 5.75 Å². The molecule has 2 aromatic rings. The summed E-state index contributed by atoms with van der Waals surface area (Å²) in [5.74, 6) is -0.0948. The summed E-state index contributed by atoms with van der Waals surface area (Å²) in [6, 6.07) is 9.22. The fourth-order valence-corrected chi connectivity index (χ4v) is 2.22. The molecule has 0 heterocycles. The smallest absolute Gasteiger partial charge is 0.416 e. The van der Waals surface area contributed by atoms with E-state index < -0.39 is 17.6 Å². The first kappa shape index (κ1) is 17.1. The number of methoxy groups -OCH3 is 1. The molecule has 1 amide bonds. The molecular weight excluding hydrogens is 331 g/mol. The molecule has 0 aliphatic carbocycles. The van der Waals surface area contributed by atoms with Gasteiger partial charge in [0.25, 0.3) is 5.91 Å². The molecule has 0 aliphatic heterocycles. The van der Waals surface area contributed by atoms with Gasteiger partial charge in [-0.25, -0.2) is 0 Å². The number of alkyl halides is 3. The van der Waals surface area contributed by atoms with E-state index in [2.05, 4.69) is 5.32 Å². The molecule has 0 saturated heterocycles. The van der Waals surface area contributed by atoms with Crippen molar-refractivity contribution in [3.8, 4) is 5.75 Å². The van der Waals surface area contributed by atoms with Crippen LogP contribution in [-0.2, 0) is 12.7 Å². The van der Waals surface area contributed by atoms with Gasteiger partial charge in [-0.3, -0.25) is 4.79 Å². The Balaban J connectivity index is 2.07. The summed E-state index contributed by atoms with van der Waals surface area (Å²) in [4.78, 5) is 12.0. The molecule has 0 atom stereocenters. The third-order valence-corrected chi connectivity index (χ3v) is 3.42. The third-order valence-electron chi connectivity index (χ3n) is 3.12. The van der Waals surface area contributed by atoms with E-state index in [4.69, 9.17) is 16.3 Å². The van der Waals surface area contributed by atoms with Gasteiger partial charge in [0, 0.05) is 12.1 Å². The average Bonchev–Trinajstić information content (AvgIpc) is 2.52. The first-order chi connectivity index (χ1) is 10.8. The monoisotopic (exact) mass is 343 g/mol. The van der Waals surface area contributed by atoms with Gasteiger partial charge < -0.3 is 10.1 Å². The van der Waals surface area contributed by atoms with Crippen molar-refractivity contribution in [3.05, 3.63) is 64.2 Å². The van der Waals surface area contributed by atoms with Crippen molar-refractivity contribution in [1.29, 1.82) is 0 Å². The largest absolute Gasteiger partial charge is 0.495 e. The van der Waals surface area contributed by atoms with Gasteiger partial charge in [0.2, 0.25) is 0 Å². The van der Waals surface area contributed by atoms with Gasteiger partial charge in [-0.05, 0) is 35.9 Å². The maximum atomic E-state index is 12.6. The number of halogens is 4. The van der Waals surface area contributed by atoms with Crippen LogP contribution in [0.1, 0.15) is 21.5 Å². The van der Waals surface area contributed by atoms with Crippen LogP contribution in [0.25, 0.3) is 0 Å². The van der Waals surface area contributed by atoms with Crippen molar-refractivity contribution in [2.75, 3.05) is 7.11 Å². The van der Waals surface area contributed by atoms with E-state index in [-0.39, 0.29) is 12.1 Å². The summed E-state index contributed by atoms with van der Waals surface area (Å²) in [6.45, 7) is 0.138. The van der Waals surface area contributed by atoms with E-state index in [0.29, 0.717) is 16.3 Å². The van der Waals surface area contributed by atoms with Gasteiger partial charge in [-0.1, -0.05) is 23.7 Å². The highest BCUT2D eigenvalue weighted by atomic mass is 35.5. The van der Waals surface area contributed by atoms with Crippen LogP contribution in [0.5, 0.6) is 5.75 Å². The second-order valence-corrected chi connectivity index (χ2v) is 5.14. The van der Waals surface area contributed by atoms with E-state index in [1.807, 2.05) is 0 Å². The molecule has 0 bridgehead atoms. The highest BCUT2D eigenvalue weighted by molar-refractivity contribution is 6.32. The second-order valence-electron chi connectivity index (χ2n) is 4.73. The molecule has 0 aromatic heterocycles. The van der Waals surface area contributed by atoms with Crippen molar-refractivity contribution in [3.63, 3.8) is 0 Å². The number of ether oxygens (including phenoxy) is 1. The van der Waals surface area contributed by atoms with Crippen LogP contribution in [-0.4, -0.2) is 13.0 Å². The molecule has 0 saturated carbocycles. The molecule has 0 radical (unpaired) electrons. The van der Waals surface area contributed by atoms with E-state index in [9.17, 15) is 18.0 Å². The standard InChI is InChI=1S/C16H13ClF3NO2/c1-23-14-6-5-10(7-13(14)17)9-21-15(22)11-3-2-4-12(8-11)16(18,19)20/h2-8H,9H2,1H3,(H,21,22). The summed E-state index contributed by atoms with van der Waals surface area (Å²) in [7, 11) is 1.48. The lowest BCUT2D eigenvalue weighted by Crippen LogP contribution is -2.23. The quantitative estimate of drug-likeness (QED) is 0.899. The highest BCUT2D eigenvalue weighted by Gasteiger charge is 2.30. The fraction of sp³-hybridized carbons (Fsp3) is 0.188. The third kappa shape index (κ3) is 4.39. The molecule has 7 heteroatoms. The SMILES string of the molecule is COc1ccc(CNC(=O)c2cccc(C(F)(F)F)c2)cc1Cl. The van der Waals surface area contributed by atoms with E-state index in [0.717, 1.165) is 12.1 Å². The lowest BCUT2D eigenvalue weighted by Gasteiger charge is -2.10. The molecule has 1 N–H and O–H groups in total. The van der Waals surface area contributed by atoms with E-state index in [1.54, 1.807) is 18.2 Å². The Kier molecular flexibility index (Phi) is 5.15. The molecule has 2 rings (SSSR count). The predicted molar refractivity (Wildman–Crippen MR) is 80.6 cm³/mol. The minimum absolute atomic E-state index is 0.0561. The molecule has 0 spiro atoms. The molecule has 0 fully saturated rings. The lowest BCUT2D eigenvalue weighted by atomic mass is 10.1. The lowest BCUT2D eigenvalue weighted by molar-refractivity contribution is -0.137. The first-order valence-corrected chi connectivity index (χ1v) is 6.97. The Morgan fingerprint density at radius 3 is 2.57 bits per heavy atom. The average molecular weight is 344 g/mol. The van der Waals surface area contributed by atoms with Gasteiger partial charge in [-0.2, -0.15) is 13.2 Å². The van der Waals surface area contributed by atoms with Crippen LogP contribution < -0.4 is 10.1 Å². The summed E-state index contributed by atoms with van der Waals surface area (Å²) < 4.78 is 42.9. The fourth-order valence-electron chi connectivity index (χ4n) is 1.94. The summed E-state index contributed by atoms with van der Waals surface area (Å²) in [5.41, 5.74) is -0.215. The number of hydrogen-bond acceptors (Lipinski definition) is 2. The number of hydrogen-bond donors (Lipinski definition) is 1. The minimum atomic E-state index is -4.49. The predicted octanol–water partition coefficient (Wildman–Crippen LogP) is 4.30. The Labute approximate surface area is 136 Å². The van der Waals surface area contributed by atoms with Crippen LogP contribution in [0.4, 0.5) is 13.2 Å². The van der Waals surface area contributed by atoms with Crippen LogP contribution in [0.2, 0.25) is 5.02 Å². The Morgan fingerprint density at radius 1 is 1.22 bits per heavy atom. The molecular formula is C16H13ClF3NO2. The van der Waals surface area contributed by atoms with Crippen LogP contribution in [0.3, 0.4) is 0 Å². The molecule has 3 nitrogen and oxygen atoms in total. The molecule has 0 unspecified atom stereocenters. The van der Waals surface area contributed by atoms with Crippen LogP contribution in [0.15, 0.2) is 42.5 Å². The zero-order valence-electron chi connectivity index (χ0n) is 12.1. The topological polar surface area (TPSA) is 38.3 Å². The normalized spacial score (nSPS) is 11.2. The summed E-state index contributed by atoms with van der Waals surface area (Å²) >= 11 is 5.97. The Hall–Kier alpha value is -2.21.